The number of esters is 1. The highest BCUT2D eigenvalue weighted by Gasteiger charge is 2.31. The summed E-state index contributed by atoms with van der Waals surface area (Å²) in [6.45, 7) is 3.38. The van der Waals surface area contributed by atoms with Crippen molar-refractivity contribution in [1.82, 2.24) is 4.90 Å². The number of amides is 2. The SMILES string of the molecule is C=CC(=O)Nc1ccccc1C(=O)N(C)C(C(=O)OC)c1cccc(O)c1. The summed E-state index contributed by atoms with van der Waals surface area (Å²) in [5.74, 6) is -1.67. The second-order valence-corrected chi connectivity index (χ2v) is 5.68. The Labute approximate surface area is 156 Å². The second kappa shape index (κ2) is 8.66. The summed E-state index contributed by atoms with van der Waals surface area (Å²) in [5, 5.41) is 12.3. The molecular weight excluding hydrogens is 348 g/mol. The molecule has 2 aromatic rings. The van der Waals surface area contributed by atoms with Crippen LogP contribution in [-0.4, -0.2) is 41.9 Å². The van der Waals surface area contributed by atoms with E-state index in [9.17, 15) is 19.5 Å². The van der Waals surface area contributed by atoms with E-state index in [2.05, 4.69) is 11.9 Å². The van der Waals surface area contributed by atoms with Crippen LogP contribution in [0.25, 0.3) is 0 Å². The van der Waals surface area contributed by atoms with Crippen LogP contribution in [0.4, 0.5) is 5.69 Å². The van der Waals surface area contributed by atoms with Gasteiger partial charge in [0.05, 0.1) is 18.4 Å². The van der Waals surface area contributed by atoms with E-state index < -0.39 is 23.8 Å². The molecule has 7 nitrogen and oxygen atoms in total. The van der Waals surface area contributed by atoms with Gasteiger partial charge in [-0.05, 0) is 35.9 Å². The van der Waals surface area contributed by atoms with Gasteiger partial charge in [-0.15, -0.1) is 0 Å². The number of ether oxygens (including phenoxy) is 1. The number of hydrogen-bond acceptors (Lipinski definition) is 5. The number of aromatic hydroxyl groups is 1. The van der Waals surface area contributed by atoms with Crippen molar-refractivity contribution in [2.24, 2.45) is 0 Å². The maximum absolute atomic E-state index is 13.0. The Balaban J connectivity index is 2.43. The number of para-hydroxylation sites is 1. The van der Waals surface area contributed by atoms with Crippen LogP contribution >= 0.6 is 0 Å². The lowest BCUT2D eigenvalue weighted by Crippen LogP contribution is -2.37. The molecule has 1 unspecified atom stereocenters. The van der Waals surface area contributed by atoms with Crippen LogP contribution in [0.5, 0.6) is 5.75 Å². The number of methoxy groups -OCH3 is 1. The minimum Gasteiger partial charge on any atom is -0.508 e. The topological polar surface area (TPSA) is 95.9 Å². The number of carbonyl (C=O) groups excluding carboxylic acids is 3. The fourth-order valence-electron chi connectivity index (χ4n) is 2.59. The molecule has 0 aliphatic heterocycles. The van der Waals surface area contributed by atoms with E-state index in [0.29, 0.717) is 11.3 Å². The van der Waals surface area contributed by atoms with Gasteiger partial charge < -0.3 is 20.1 Å². The van der Waals surface area contributed by atoms with Crippen LogP contribution in [0, 0.1) is 0 Å². The predicted octanol–water partition coefficient (Wildman–Crippen LogP) is 2.50. The number of phenolic OH excluding ortho intramolecular Hbond substituents is 1. The fourth-order valence-corrected chi connectivity index (χ4v) is 2.59. The van der Waals surface area contributed by atoms with E-state index in [0.717, 1.165) is 6.08 Å². The predicted molar refractivity (Wildman–Crippen MR) is 100 cm³/mol. The molecule has 140 valence electrons. The van der Waals surface area contributed by atoms with Crippen molar-refractivity contribution in [1.29, 1.82) is 0 Å². The Kier molecular flexibility index (Phi) is 6.32. The fraction of sp³-hybridized carbons (Fsp3) is 0.150. The summed E-state index contributed by atoms with van der Waals surface area (Å²) >= 11 is 0. The van der Waals surface area contributed by atoms with E-state index in [-0.39, 0.29) is 11.3 Å². The summed E-state index contributed by atoms with van der Waals surface area (Å²) in [5.41, 5.74) is 0.883. The monoisotopic (exact) mass is 368 g/mol. The molecule has 0 fully saturated rings. The normalized spacial score (nSPS) is 11.2. The van der Waals surface area contributed by atoms with Crippen molar-refractivity contribution in [3.8, 4) is 5.75 Å². The molecule has 2 rings (SSSR count). The van der Waals surface area contributed by atoms with Crippen molar-refractivity contribution < 1.29 is 24.2 Å². The Morgan fingerprint density at radius 2 is 1.89 bits per heavy atom. The lowest BCUT2D eigenvalue weighted by molar-refractivity contribution is -0.145. The second-order valence-electron chi connectivity index (χ2n) is 5.68. The first-order chi connectivity index (χ1) is 12.9. The number of nitrogens with zero attached hydrogens (tertiary/aromatic N) is 1. The van der Waals surface area contributed by atoms with Gasteiger partial charge in [-0.3, -0.25) is 9.59 Å². The standard InChI is InChI=1S/C20H20N2O5/c1-4-17(24)21-16-11-6-5-10-15(16)19(25)22(2)18(20(26)27-3)13-8-7-9-14(23)12-13/h4-12,18,23H,1H2,2-3H3,(H,21,24). The third-order valence-corrected chi connectivity index (χ3v) is 3.92. The molecule has 0 heterocycles. The summed E-state index contributed by atoms with van der Waals surface area (Å²) in [7, 11) is 2.66. The first-order valence-corrected chi connectivity index (χ1v) is 8.05. The quantitative estimate of drug-likeness (QED) is 0.603. The third-order valence-electron chi connectivity index (χ3n) is 3.92. The highest BCUT2D eigenvalue weighted by Crippen LogP contribution is 2.27. The van der Waals surface area contributed by atoms with Gasteiger partial charge in [0, 0.05) is 7.05 Å². The van der Waals surface area contributed by atoms with Crippen LogP contribution < -0.4 is 5.32 Å². The number of nitrogens with one attached hydrogen (secondary N) is 1. The van der Waals surface area contributed by atoms with Gasteiger partial charge in [0.1, 0.15) is 5.75 Å². The maximum atomic E-state index is 13.0. The van der Waals surface area contributed by atoms with Gasteiger partial charge in [0.15, 0.2) is 6.04 Å². The molecule has 0 spiro atoms. The molecule has 2 amide bonds. The molecule has 7 heteroatoms. The molecule has 0 bridgehead atoms. The zero-order chi connectivity index (χ0) is 20.0. The largest absolute Gasteiger partial charge is 0.508 e. The first kappa shape index (κ1) is 19.7. The smallest absolute Gasteiger partial charge is 0.333 e. The molecule has 2 N–H and O–H groups in total. The van der Waals surface area contributed by atoms with Gasteiger partial charge in [0.25, 0.3) is 5.91 Å². The Hall–Kier alpha value is -3.61. The van der Waals surface area contributed by atoms with E-state index in [1.807, 2.05) is 0 Å². The average Bonchev–Trinajstić information content (AvgIpc) is 2.67. The van der Waals surface area contributed by atoms with Crippen LogP contribution in [0.15, 0.2) is 61.2 Å². The Morgan fingerprint density at radius 1 is 1.19 bits per heavy atom. The van der Waals surface area contributed by atoms with E-state index in [1.54, 1.807) is 30.3 Å². The summed E-state index contributed by atoms with van der Waals surface area (Å²) in [6.07, 6.45) is 1.09. The Bertz CT molecular complexity index is 878. The minimum absolute atomic E-state index is 0.0408. The van der Waals surface area contributed by atoms with Gasteiger partial charge >= 0.3 is 5.97 Å². The van der Waals surface area contributed by atoms with Crippen molar-refractivity contribution in [3.63, 3.8) is 0 Å². The van der Waals surface area contributed by atoms with E-state index in [4.69, 9.17) is 4.74 Å². The number of likely N-dealkylation sites (N-methyl/N-ethyl adjacent to an activating group) is 1. The summed E-state index contributed by atoms with van der Waals surface area (Å²) in [6, 6.07) is 11.4. The number of anilines is 1. The minimum atomic E-state index is -1.07. The zero-order valence-electron chi connectivity index (χ0n) is 15.0. The lowest BCUT2D eigenvalue weighted by Gasteiger charge is -2.27. The van der Waals surface area contributed by atoms with Gasteiger partial charge in [-0.1, -0.05) is 30.8 Å². The molecule has 0 saturated heterocycles. The molecule has 1 atom stereocenters. The lowest BCUT2D eigenvalue weighted by atomic mass is 10.0. The van der Waals surface area contributed by atoms with Crippen molar-refractivity contribution in [2.75, 3.05) is 19.5 Å². The van der Waals surface area contributed by atoms with Crippen LogP contribution in [0.2, 0.25) is 0 Å². The number of carbonyl (C=O) groups is 3. The molecule has 0 aliphatic rings. The van der Waals surface area contributed by atoms with Gasteiger partial charge in [-0.2, -0.15) is 0 Å². The molecule has 0 aliphatic carbocycles. The maximum Gasteiger partial charge on any atom is 0.333 e. The highest BCUT2D eigenvalue weighted by molar-refractivity contribution is 6.07. The molecule has 2 aromatic carbocycles. The molecular formula is C20H20N2O5. The summed E-state index contributed by atoms with van der Waals surface area (Å²) in [4.78, 5) is 38.2. The molecule has 0 aromatic heterocycles. The van der Waals surface area contributed by atoms with E-state index >= 15 is 0 Å². The number of benzene rings is 2. The highest BCUT2D eigenvalue weighted by atomic mass is 16.5. The number of phenols is 1. The summed E-state index contributed by atoms with van der Waals surface area (Å²) < 4.78 is 4.83. The van der Waals surface area contributed by atoms with Crippen molar-refractivity contribution in [2.45, 2.75) is 6.04 Å². The number of hydrogen-bond donors (Lipinski definition) is 2. The van der Waals surface area contributed by atoms with Crippen LogP contribution in [0.1, 0.15) is 22.0 Å². The van der Waals surface area contributed by atoms with Crippen molar-refractivity contribution in [3.05, 3.63) is 72.3 Å². The van der Waals surface area contributed by atoms with Gasteiger partial charge in [0.2, 0.25) is 5.91 Å². The average molecular weight is 368 g/mol. The molecule has 27 heavy (non-hydrogen) atoms. The molecule has 0 saturated carbocycles. The van der Waals surface area contributed by atoms with Crippen molar-refractivity contribution >= 4 is 23.5 Å². The van der Waals surface area contributed by atoms with Crippen LogP contribution in [0.3, 0.4) is 0 Å². The Morgan fingerprint density at radius 3 is 2.52 bits per heavy atom. The molecule has 0 radical (unpaired) electrons. The zero-order valence-corrected chi connectivity index (χ0v) is 15.0. The third kappa shape index (κ3) is 4.52. The van der Waals surface area contributed by atoms with Crippen LogP contribution in [-0.2, 0) is 14.3 Å². The van der Waals surface area contributed by atoms with Gasteiger partial charge in [-0.25, -0.2) is 4.79 Å². The number of rotatable bonds is 6. The van der Waals surface area contributed by atoms with E-state index in [1.165, 1.54) is 37.3 Å². The first-order valence-electron chi connectivity index (χ1n) is 8.05.